The first-order chi connectivity index (χ1) is 11.1. The molecule has 1 aromatic carbocycles. The van der Waals surface area contributed by atoms with Crippen molar-refractivity contribution in [2.24, 2.45) is 0 Å². The van der Waals surface area contributed by atoms with Crippen LogP contribution < -0.4 is 5.32 Å². The Kier molecular flexibility index (Phi) is 6.54. The first-order valence-corrected chi connectivity index (χ1v) is 7.97. The molecular formula is C16H19NO5S. The van der Waals surface area contributed by atoms with E-state index in [0.29, 0.717) is 10.4 Å². The van der Waals surface area contributed by atoms with Crippen LogP contribution in [0.3, 0.4) is 0 Å². The van der Waals surface area contributed by atoms with Gasteiger partial charge in [-0.25, -0.2) is 4.79 Å². The van der Waals surface area contributed by atoms with Gasteiger partial charge in [0.25, 0.3) is 0 Å². The van der Waals surface area contributed by atoms with Crippen molar-refractivity contribution in [2.75, 3.05) is 6.54 Å². The molecule has 0 aliphatic heterocycles. The maximum absolute atomic E-state index is 11.6. The Morgan fingerprint density at radius 1 is 1.26 bits per heavy atom. The highest BCUT2D eigenvalue weighted by atomic mass is 32.1. The summed E-state index contributed by atoms with van der Waals surface area (Å²) in [5.41, 5.74) is 1.36. The second-order valence-corrected chi connectivity index (χ2v) is 5.96. The molecule has 2 atom stereocenters. The zero-order valence-electron chi connectivity index (χ0n) is 12.4. The molecule has 2 aromatic rings. The van der Waals surface area contributed by atoms with E-state index in [9.17, 15) is 15.0 Å². The Hall–Kier alpha value is -1.93. The third-order valence-corrected chi connectivity index (χ3v) is 4.14. The largest absolute Gasteiger partial charge is 0.445 e. The summed E-state index contributed by atoms with van der Waals surface area (Å²) < 4.78 is 5.01. The summed E-state index contributed by atoms with van der Waals surface area (Å²) in [5, 5.41) is 33.0. The predicted octanol–water partition coefficient (Wildman–Crippen LogP) is 1.56. The lowest BCUT2D eigenvalue weighted by Crippen LogP contribution is -2.35. The molecule has 0 aliphatic carbocycles. The maximum Gasteiger partial charge on any atom is 0.407 e. The molecule has 124 valence electrons. The van der Waals surface area contributed by atoms with Gasteiger partial charge in [-0.05, 0) is 22.6 Å². The Balaban J connectivity index is 1.74. The molecule has 0 radical (unpaired) electrons. The first kappa shape index (κ1) is 17.4. The van der Waals surface area contributed by atoms with Crippen molar-refractivity contribution in [3.63, 3.8) is 0 Å². The van der Waals surface area contributed by atoms with Crippen molar-refractivity contribution >= 4 is 17.4 Å². The minimum absolute atomic E-state index is 0.114. The standard InChI is InChI=1S/C16H19NO5S/c18-8-13-6-12(10-23-13)15(20)14(19)7-17-16(21)22-9-11-4-2-1-3-5-11/h1-6,10,14-15,18-20H,7-9H2,(H,17,21). The van der Waals surface area contributed by atoms with Crippen molar-refractivity contribution in [1.29, 1.82) is 0 Å². The molecule has 0 fully saturated rings. The summed E-state index contributed by atoms with van der Waals surface area (Å²) in [6.45, 7) is -0.119. The molecular weight excluding hydrogens is 318 g/mol. The smallest absolute Gasteiger partial charge is 0.407 e. The van der Waals surface area contributed by atoms with Crippen LogP contribution in [0.2, 0.25) is 0 Å². The highest BCUT2D eigenvalue weighted by Crippen LogP contribution is 2.23. The number of aliphatic hydroxyl groups excluding tert-OH is 3. The van der Waals surface area contributed by atoms with Gasteiger partial charge in [-0.2, -0.15) is 0 Å². The molecule has 23 heavy (non-hydrogen) atoms. The third-order valence-electron chi connectivity index (χ3n) is 3.20. The van der Waals surface area contributed by atoms with Gasteiger partial charge in [0.05, 0.1) is 6.61 Å². The minimum atomic E-state index is -1.17. The SMILES string of the molecule is O=C(NCC(O)C(O)c1csc(CO)c1)OCc1ccccc1. The predicted molar refractivity (Wildman–Crippen MR) is 85.8 cm³/mol. The summed E-state index contributed by atoms with van der Waals surface area (Å²) >= 11 is 1.29. The van der Waals surface area contributed by atoms with E-state index in [2.05, 4.69) is 5.32 Å². The van der Waals surface area contributed by atoms with Crippen LogP contribution in [0.1, 0.15) is 22.1 Å². The van der Waals surface area contributed by atoms with Gasteiger partial charge in [-0.1, -0.05) is 30.3 Å². The summed E-state index contributed by atoms with van der Waals surface area (Å²) in [6, 6.07) is 10.8. The van der Waals surface area contributed by atoms with E-state index in [-0.39, 0.29) is 19.8 Å². The number of alkyl carbamates (subject to hydrolysis) is 1. The number of benzene rings is 1. The van der Waals surface area contributed by atoms with E-state index in [1.54, 1.807) is 11.4 Å². The molecule has 2 rings (SSSR count). The molecule has 7 heteroatoms. The van der Waals surface area contributed by atoms with Gasteiger partial charge in [0.2, 0.25) is 0 Å². The van der Waals surface area contributed by atoms with Crippen LogP contribution in [0.5, 0.6) is 0 Å². The van der Waals surface area contributed by atoms with Crippen molar-refractivity contribution in [1.82, 2.24) is 5.32 Å². The first-order valence-electron chi connectivity index (χ1n) is 7.09. The van der Waals surface area contributed by atoms with Crippen molar-refractivity contribution < 1.29 is 24.9 Å². The van der Waals surface area contributed by atoms with E-state index in [4.69, 9.17) is 9.84 Å². The number of aliphatic hydroxyl groups is 3. The summed E-state index contributed by atoms with van der Waals surface area (Å²) in [5.74, 6) is 0. The molecule has 1 amide bonds. The molecule has 0 saturated heterocycles. The summed E-state index contributed by atoms with van der Waals surface area (Å²) in [7, 11) is 0. The molecule has 4 N–H and O–H groups in total. The van der Waals surface area contributed by atoms with Gasteiger partial charge >= 0.3 is 6.09 Å². The zero-order chi connectivity index (χ0) is 16.7. The Morgan fingerprint density at radius 2 is 2.00 bits per heavy atom. The fourth-order valence-electron chi connectivity index (χ4n) is 1.93. The van der Waals surface area contributed by atoms with Crippen LogP contribution in [-0.2, 0) is 18.0 Å². The Morgan fingerprint density at radius 3 is 2.65 bits per heavy atom. The Labute approximate surface area is 138 Å². The van der Waals surface area contributed by atoms with Crippen molar-refractivity contribution in [3.8, 4) is 0 Å². The molecule has 1 aromatic heterocycles. The van der Waals surface area contributed by atoms with Crippen LogP contribution in [0.4, 0.5) is 4.79 Å². The molecule has 0 bridgehead atoms. The number of thiophene rings is 1. The van der Waals surface area contributed by atoms with Gasteiger partial charge in [0, 0.05) is 11.4 Å². The minimum Gasteiger partial charge on any atom is -0.445 e. The van der Waals surface area contributed by atoms with Crippen LogP contribution >= 0.6 is 11.3 Å². The summed E-state index contributed by atoms with van der Waals surface area (Å²) in [4.78, 5) is 12.3. The molecule has 0 aliphatic rings. The van der Waals surface area contributed by atoms with Crippen molar-refractivity contribution in [3.05, 3.63) is 57.8 Å². The van der Waals surface area contributed by atoms with Gasteiger partial charge in [0.15, 0.2) is 0 Å². The van der Waals surface area contributed by atoms with E-state index >= 15 is 0 Å². The van der Waals surface area contributed by atoms with Gasteiger partial charge in [0.1, 0.15) is 18.8 Å². The fraction of sp³-hybridized carbons (Fsp3) is 0.312. The average Bonchev–Trinajstić information content (AvgIpc) is 3.07. The maximum atomic E-state index is 11.6. The zero-order valence-corrected chi connectivity index (χ0v) is 13.2. The van der Waals surface area contributed by atoms with E-state index in [0.717, 1.165) is 5.56 Å². The van der Waals surface area contributed by atoms with Crippen LogP contribution in [0, 0.1) is 0 Å². The molecule has 2 unspecified atom stereocenters. The lowest BCUT2D eigenvalue weighted by atomic mass is 10.1. The third kappa shape index (κ3) is 5.33. The Bertz CT molecular complexity index is 616. The molecule has 1 heterocycles. The second kappa shape index (κ2) is 8.64. The number of hydrogen-bond donors (Lipinski definition) is 4. The highest BCUT2D eigenvalue weighted by Gasteiger charge is 2.20. The van der Waals surface area contributed by atoms with Gasteiger partial charge < -0.3 is 25.4 Å². The molecule has 6 nitrogen and oxygen atoms in total. The number of hydrogen-bond acceptors (Lipinski definition) is 6. The number of nitrogens with one attached hydrogen (secondary N) is 1. The second-order valence-electron chi connectivity index (χ2n) is 4.96. The van der Waals surface area contributed by atoms with Crippen LogP contribution in [0.15, 0.2) is 41.8 Å². The van der Waals surface area contributed by atoms with E-state index < -0.39 is 18.3 Å². The van der Waals surface area contributed by atoms with E-state index in [1.807, 2.05) is 30.3 Å². The van der Waals surface area contributed by atoms with Gasteiger partial charge in [-0.3, -0.25) is 0 Å². The highest BCUT2D eigenvalue weighted by molar-refractivity contribution is 7.10. The van der Waals surface area contributed by atoms with Crippen LogP contribution in [0.25, 0.3) is 0 Å². The fourth-order valence-corrected chi connectivity index (χ4v) is 2.71. The number of carbonyl (C=O) groups is 1. The number of amides is 1. The molecule has 0 saturated carbocycles. The van der Waals surface area contributed by atoms with Crippen molar-refractivity contribution in [2.45, 2.75) is 25.4 Å². The average molecular weight is 337 g/mol. The topological polar surface area (TPSA) is 99.0 Å². The number of carbonyl (C=O) groups excluding carboxylic acids is 1. The lowest BCUT2D eigenvalue weighted by molar-refractivity contribution is 0.0186. The molecule has 0 spiro atoms. The number of ether oxygens (including phenoxy) is 1. The van der Waals surface area contributed by atoms with Crippen LogP contribution in [-0.4, -0.2) is 34.1 Å². The van der Waals surface area contributed by atoms with Gasteiger partial charge in [-0.15, -0.1) is 11.3 Å². The van der Waals surface area contributed by atoms with E-state index in [1.165, 1.54) is 11.3 Å². The monoisotopic (exact) mass is 337 g/mol. The quantitative estimate of drug-likeness (QED) is 0.614. The lowest BCUT2D eigenvalue weighted by Gasteiger charge is -2.17. The number of rotatable bonds is 7. The summed E-state index contributed by atoms with van der Waals surface area (Å²) in [6.07, 6.45) is -2.97. The normalized spacial score (nSPS) is 13.3.